The van der Waals surface area contributed by atoms with E-state index >= 15 is 0 Å². The van der Waals surface area contributed by atoms with E-state index in [4.69, 9.17) is 12.2 Å². The maximum absolute atomic E-state index is 12.8. The summed E-state index contributed by atoms with van der Waals surface area (Å²) in [6.07, 6.45) is 1.86. The summed E-state index contributed by atoms with van der Waals surface area (Å²) in [6.45, 7) is 0. The first kappa shape index (κ1) is 14.6. The number of carbonyl (C=O) groups excluding carboxylic acids is 1. The van der Waals surface area contributed by atoms with Gasteiger partial charge in [-0.2, -0.15) is 0 Å². The third kappa shape index (κ3) is 2.47. The van der Waals surface area contributed by atoms with E-state index in [-0.39, 0.29) is 5.91 Å². The fourth-order valence-electron chi connectivity index (χ4n) is 2.88. The largest absolute Gasteiger partial charge is 0.327 e. The first-order valence-electron chi connectivity index (χ1n) is 7.64. The zero-order chi connectivity index (χ0) is 16.5. The predicted molar refractivity (Wildman–Crippen MR) is 102 cm³/mol. The third-order valence-corrected chi connectivity index (χ3v) is 4.30. The van der Waals surface area contributed by atoms with Gasteiger partial charge < -0.3 is 5.32 Å². The van der Waals surface area contributed by atoms with Gasteiger partial charge in [0.2, 0.25) is 0 Å². The lowest BCUT2D eigenvalue weighted by atomic mass is 10.0. The number of rotatable bonds is 2. The molecule has 1 heterocycles. The Morgan fingerprint density at radius 2 is 1.58 bits per heavy atom. The molecule has 24 heavy (non-hydrogen) atoms. The van der Waals surface area contributed by atoms with Crippen molar-refractivity contribution in [2.75, 3.05) is 4.90 Å². The van der Waals surface area contributed by atoms with E-state index < -0.39 is 0 Å². The summed E-state index contributed by atoms with van der Waals surface area (Å²) < 4.78 is 0. The molecule has 0 aliphatic carbocycles. The highest BCUT2D eigenvalue weighted by atomic mass is 32.1. The standard InChI is InChI=1S/C20H14N2OS/c23-19-18(21-20(24)22(19)16-10-2-1-3-11-16)13-15-9-6-8-14-7-4-5-12-17(14)15/h1-13H,(H,21,24). The Kier molecular flexibility index (Phi) is 3.59. The van der Waals surface area contributed by atoms with Gasteiger partial charge in [0.25, 0.3) is 5.91 Å². The molecule has 3 aromatic rings. The van der Waals surface area contributed by atoms with E-state index in [1.807, 2.05) is 60.7 Å². The van der Waals surface area contributed by atoms with Crippen LogP contribution in [0, 0.1) is 0 Å². The molecule has 3 aromatic carbocycles. The van der Waals surface area contributed by atoms with E-state index in [0.717, 1.165) is 22.0 Å². The first-order chi connectivity index (χ1) is 11.7. The van der Waals surface area contributed by atoms with Crippen molar-refractivity contribution in [2.24, 2.45) is 0 Å². The molecule has 0 atom stereocenters. The van der Waals surface area contributed by atoms with Crippen molar-refractivity contribution in [3.63, 3.8) is 0 Å². The number of benzene rings is 3. The van der Waals surface area contributed by atoms with Crippen LogP contribution in [-0.4, -0.2) is 11.0 Å². The quantitative estimate of drug-likeness (QED) is 0.567. The smallest absolute Gasteiger partial charge is 0.281 e. The van der Waals surface area contributed by atoms with Gasteiger partial charge >= 0.3 is 0 Å². The third-order valence-electron chi connectivity index (χ3n) is 4.02. The summed E-state index contributed by atoms with van der Waals surface area (Å²) in [5.74, 6) is -0.140. The summed E-state index contributed by atoms with van der Waals surface area (Å²) in [5.41, 5.74) is 2.24. The van der Waals surface area contributed by atoms with Crippen LogP contribution in [0.5, 0.6) is 0 Å². The first-order valence-corrected chi connectivity index (χ1v) is 8.05. The van der Waals surface area contributed by atoms with Crippen LogP contribution >= 0.6 is 12.2 Å². The number of anilines is 1. The SMILES string of the molecule is O=C1C(=Cc2cccc3ccccc23)NC(=S)N1c1ccccc1. The summed E-state index contributed by atoms with van der Waals surface area (Å²) in [7, 11) is 0. The second kappa shape index (κ2) is 5.91. The topological polar surface area (TPSA) is 32.3 Å². The molecule has 0 saturated carbocycles. The van der Waals surface area contributed by atoms with Crippen molar-refractivity contribution in [1.82, 2.24) is 5.32 Å². The minimum absolute atomic E-state index is 0.140. The minimum atomic E-state index is -0.140. The molecule has 0 unspecified atom stereocenters. The van der Waals surface area contributed by atoms with Crippen molar-refractivity contribution in [3.05, 3.63) is 84.1 Å². The molecule has 1 aliphatic heterocycles. The molecule has 116 valence electrons. The zero-order valence-electron chi connectivity index (χ0n) is 12.8. The fraction of sp³-hybridized carbons (Fsp3) is 0. The molecule has 3 nitrogen and oxygen atoms in total. The van der Waals surface area contributed by atoms with Gasteiger partial charge in [-0.1, -0.05) is 60.7 Å². The molecule has 1 fully saturated rings. The number of hydrogen-bond donors (Lipinski definition) is 1. The van der Waals surface area contributed by atoms with Crippen LogP contribution in [0.1, 0.15) is 5.56 Å². The molecule has 4 heteroatoms. The lowest BCUT2D eigenvalue weighted by Crippen LogP contribution is -2.30. The second-order valence-corrected chi connectivity index (χ2v) is 5.92. The van der Waals surface area contributed by atoms with Gasteiger partial charge in [-0.15, -0.1) is 0 Å². The lowest BCUT2D eigenvalue weighted by Gasteiger charge is -2.13. The Morgan fingerprint density at radius 1 is 0.875 bits per heavy atom. The predicted octanol–water partition coefficient (Wildman–Crippen LogP) is 4.10. The van der Waals surface area contributed by atoms with Gasteiger partial charge in [-0.3, -0.25) is 9.69 Å². The molecular formula is C20H14N2OS. The summed E-state index contributed by atoms with van der Waals surface area (Å²) in [4.78, 5) is 14.3. The van der Waals surface area contributed by atoms with Crippen molar-refractivity contribution in [1.29, 1.82) is 0 Å². The van der Waals surface area contributed by atoms with Crippen molar-refractivity contribution >= 4 is 45.8 Å². The summed E-state index contributed by atoms with van der Waals surface area (Å²) >= 11 is 5.34. The van der Waals surface area contributed by atoms with E-state index in [1.165, 1.54) is 4.90 Å². The monoisotopic (exact) mass is 330 g/mol. The molecule has 1 saturated heterocycles. The molecular weight excluding hydrogens is 316 g/mol. The highest BCUT2D eigenvalue weighted by molar-refractivity contribution is 7.80. The van der Waals surface area contributed by atoms with Crippen LogP contribution in [0.4, 0.5) is 5.69 Å². The molecule has 4 rings (SSSR count). The van der Waals surface area contributed by atoms with Crippen molar-refractivity contribution < 1.29 is 4.79 Å². The van der Waals surface area contributed by atoms with Gasteiger partial charge in [0.05, 0.1) is 5.69 Å². The van der Waals surface area contributed by atoms with Gasteiger partial charge in [0.15, 0.2) is 5.11 Å². The number of thiocarbonyl (C=S) groups is 1. The van der Waals surface area contributed by atoms with Gasteiger partial charge in [-0.25, -0.2) is 0 Å². The molecule has 0 aromatic heterocycles. The Labute approximate surface area is 145 Å². The van der Waals surface area contributed by atoms with Crippen LogP contribution in [0.3, 0.4) is 0 Å². The van der Waals surface area contributed by atoms with E-state index in [1.54, 1.807) is 0 Å². The number of para-hydroxylation sites is 1. The number of carbonyl (C=O) groups is 1. The normalized spacial score (nSPS) is 16.0. The Hall–Kier alpha value is -2.98. The number of nitrogens with zero attached hydrogens (tertiary/aromatic N) is 1. The van der Waals surface area contributed by atoms with Gasteiger partial charge in [-0.05, 0) is 46.8 Å². The van der Waals surface area contributed by atoms with Crippen LogP contribution in [0.25, 0.3) is 16.8 Å². The van der Waals surface area contributed by atoms with Crippen molar-refractivity contribution in [2.45, 2.75) is 0 Å². The zero-order valence-corrected chi connectivity index (χ0v) is 13.6. The van der Waals surface area contributed by atoms with Gasteiger partial charge in [0.1, 0.15) is 5.70 Å². The minimum Gasteiger partial charge on any atom is -0.327 e. The van der Waals surface area contributed by atoms with E-state index in [2.05, 4.69) is 23.5 Å². The summed E-state index contributed by atoms with van der Waals surface area (Å²) in [6, 6.07) is 23.6. The fourth-order valence-corrected chi connectivity index (χ4v) is 3.18. The maximum atomic E-state index is 12.8. The van der Waals surface area contributed by atoms with Crippen molar-refractivity contribution in [3.8, 4) is 0 Å². The number of amides is 1. The Balaban J connectivity index is 1.76. The second-order valence-electron chi connectivity index (χ2n) is 5.53. The van der Waals surface area contributed by atoms with Crippen LogP contribution in [0.2, 0.25) is 0 Å². The number of nitrogens with one attached hydrogen (secondary N) is 1. The van der Waals surface area contributed by atoms with Gasteiger partial charge in [0, 0.05) is 0 Å². The Morgan fingerprint density at radius 3 is 2.42 bits per heavy atom. The van der Waals surface area contributed by atoms with E-state index in [0.29, 0.717) is 10.8 Å². The molecule has 0 bridgehead atoms. The average Bonchev–Trinajstić information content (AvgIpc) is 2.90. The van der Waals surface area contributed by atoms with Crippen LogP contribution in [-0.2, 0) is 4.79 Å². The molecule has 1 aliphatic rings. The molecule has 0 radical (unpaired) electrons. The highest BCUT2D eigenvalue weighted by Crippen LogP contribution is 2.25. The average molecular weight is 330 g/mol. The van der Waals surface area contributed by atoms with Crippen LogP contribution < -0.4 is 10.2 Å². The molecule has 1 amide bonds. The van der Waals surface area contributed by atoms with Crippen LogP contribution in [0.15, 0.2) is 78.5 Å². The van der Waals surface area contributed by atoms with E-state index in [9.17, 15) is 4.79 Å². The summed E-state index contributed by atoms with van der Waals surface area (Å²) in [5, 5.41) is 5.68. The number of fused-ring (bicyclic) bond motifs is 1. The lowest BCUT2D eigenvalue weighted by molar-refractivity contribution is -0.113. The Bertz CT molecular complexity index is 974. The molecule has 0 spiro atoms. The molecule has 1 N–H and O–H groups in total. The number of hydrogen-bond acceptors (Lipinski definition) is 2. The highest BCUT2D eigenvalue weighted by Gasteiger charge is 2.31. The maximum Gasteiger partial charge on any atom is 0.281 e.